The minimum Gasteiger partial charge on any atom is -0.444 e. The van der Waals surface area contributed by atoms with Crippen LogP contribution in [0.5, 0.6) is 0 Å². The average molecular weight is 483 g/mol. The molecule has 12 nitrogen and oxygen atoms in total. The lowest BCUT2D eigenvalue weighted by Crippen LogP contribution is -2.45. The highest BCUT2D eigenvalue weighted by molar-refractivity contribution is 7.89. The quantitative estimate of drug-likeness (QED) is 0.274. The van der Waals surface area contributed by atoms with E-state index in [9.17, 15) is 33.4 Å². The van der Waals surface area contributed by atoms with Crippen molar-refractivity contribution in [1.29, 1.82) is 0 Å². The average Bonchev–Trinajstić information content (AvgIpc) is 2.69. The van der Waals surface area contributed by atoms with E-state index in [0.29, 0.717) is 11.6 Å². The molecule has 0 aliphatic rings. The molecule has 0 radical (unpaired) electrons. The third-order valence-electron chi connectivity index (χ3n) is 3.96. The number of non-ortho nitro benzene ring substituents is 1. The summed E-state index contributed by atoms with van der Waals surface area (Å²) in [7, 11) is -4.47. The monoisotopic (exact) mass is 482 g/mol. The van der Waals surface area contributed by atoms with Crippen molar-refractivity contribution >= 4 is 27.5 Å². The fraction of sp³-hybridized carbons (Fsp3) is 0.350. The Hall–Kier alpha value is -3.58. The first-order valence-corrected chi connectivity index (χ1v) is 11.0. The van der Waals surface area contributed by atoms with Gasteiger partial charge in [-0.2, -0.15) is 0 Å². The van der Waals surface area contributed by atoms with Gasteiger partial charge in [0.05, 0.1) is 15.9 Å². The first-order valence-electron chi connectivity index (χ1n) is 9.56. The van der Waals surface area contributed by atoms with E-state index in [0.717, 1.165) is 12.1 Å². The van der Waals surface area contributed by atoms with Gasteiger partial charge in [0.15, 0.2) is 4.90 Å². The molecule has 13 heteroatoms. The van der Waals surface area contributed by atoms with Crippen LogP contribution in [0, 0.1) is 20.2 Å². The zero-order valence-corrected chi connectivity index (χ0v) is 19.3. The molecule has 0 fully saturated rings. The number of ether oxygens (including phenoxy) is 1. The molecule has 180 valence electrons. The number of hydrogen-bond donors (Lipinski definition) is 2. The molecule has 0 unspecified atom stereocenters. The number of carbonyl (C=O) groups excluding carboxylic acids is 1. The largest absolute Gasteiger partial charge is 0.444 e. The second-order valence-electron chi connectivity index (χ2n) is 7.75. The smallest absolute Gasteiger partial charge is 0.407 e. The minimum atomic E-state index is -4.47. The van der Waals surface area contributed by atoms with Gasteiger partial charge in [0.1, 0.15) is 5.60 Å². The maximum absolute atomic E-state index is 12.8. The normalized spacial score (nSPS) is 13.0. The van der Waals surface area contributed by atoms with Gasteiger partial charge in [-0.15, -0.1) is 0 Å². The first-order chi connectivity index (χ1) is 15.2. The highest BCUT2D eigenvalue weighted by Crippen LogP contribution is 2.28. The van der Waals surface area contributed by atoms with Crippen LogP contribution in [0.25, 0.3) is 0 Å². The minimum absolute atomic E-state index is 0.139. The fourth-order valence-electron chi connectivity index (χ4n) is 2.58. The number of nitro groups is 2. The van der Waals surface area contributed by atoms with Gasteiger partial charge in [-0.3, -0.25) is 20.2 Å². The molecule has 0 aliphatic heterocycles. The fourth-order valence-corrected chi connectivity index (χ4v) is 3.81. The number of allylic oxidation sites excluding steroid dienone is 3. The molecule has 1 aromatic carbocycles. The van der Waals surface area contributed by atoms with E-state index in [1.54, 1.807) is 26.8 Å². The second kappa shape index (κ2) is 11.3. The van der Waals surface area contributed by atoms with Crippen LogP contribution in [0.15, 0.2) is 60.1 Å². The first kappa shape index (κ1) is 27.5. The molecule has 0 heterocycles. The number of nitrogens with one attached hydrogen (secondary N) is 2. The Morgan fingerprint density at radius 3 is 2.33 bits per heavy atom. The van der Waals surface area contributed by atoms with Crippen LogP contribution < -0.4 is 10.0 Å². The Bertz CT molecular complexity index is 1070. The highest BCUT2D eigenvalue weighted by atomic mass is 32.2. The van der Waals surface area contributed by atoms with E-state index in [2.05, 4.69) is 23.2 Å². The lowest BCUT2D eigenvalue weighted by atomic mass is 10.1. The summed E-state index contributed by atoms with van der Waals surface area (Å²) in [6.07, 6.45) is 3.95. The molecule has 0 aliphatic carbocycles. The molecule has 1 atom stereocenters. The molecule has 2 N–H and O–H groups in total. The van der Waals surface area contributed by atoms with Crippen LogP contribution in [0.2, 0.25) is 0 Å². The molecule has 0 saturated carbocycles. The number of benzene rings is 1. The van der Waals surface area contributed by atoms with Crippen LogP contribution in [0.3, 0.4) is 0 Å². The number of hydrogen-bond acceptors (Lipinski definition) is 8. The molecule has 33 heavy (non-hydrogen) atoms. The summed E-state index contributed by atoms with van der Waals surface area (Å²) in [6, 6.07) is 1.37. The predicted octanol–water partition coefficient (Wildman–Crippen LogP) is 3.36. The van der Waals surface area contributed by atoms with Crippen LogP contribution in [0.1, 0.15) is 27.2 Å². The Morgan fingerprint density at radius 2 is 1.85 bits per heavy atom. The highest BCUT2D eigenvalue weighted by Gasteiger charge is 2.29. The Morgan fingerprint density at radius 1 is 1.21 bits per heavy atom. The number of alkyl carbamates (subject to hydrolysis) is 1. The summed E-state index contributed by atoms with van der Waals surface area (Å²) in [5.74, 6) is 0. The summed E-state index contributed by atoms with van der Waals surface area (Å²) in [5, 5.41) is 24.7. The van der Waals surface area contributed by atoms with E-state index < -0.39 is 53.9 Å². The summed E-state index contributed by atoms with van der Waals surface area (Å²) in [5.41, 5.74) is -1.75. The third kappa shape index (κ3) is 8.82. The van der Waals surface area contributed by atoms with Crippen molar-refractivity contribution < 1.29 is 27.8 Å². The number of amides is 1. The second-order valence-corrected chi connectivity index (χ2v) is 9.48. The SMILES string of the molecule is C=C/C=C(\C=C)C[C@@H](CNS(=O)(=O)c1ccc([N+](=O)[O-])cc1[N+](=O)[O-])NC(=O)OC(C)(C)C. The van der Waals surface area contributed by atoms with Crippen molar-refractivity contribution in [3.8, 4) is 0 Å². The van der Waals surface area contributed by atoms with Crippen LogP contribution in [0.4, 0.5) is 16.2 Å². The van der Waals surface area contributed by atoms with Gasteiger partial charge in [0, 0.05) is 18.7 Å². The molecule has 0 saturated heterocycles. The van der Waals surface area contributed by atoms with E-state index in [1.807, 2.05) is 0 Å². The summed E-state index contributed by atoms with van der Waals surface area (Å²) < 4.78 is 32.9. The maximum atomic E-state index is 12.8. The van der Waals surface area contributed by atoms with Gasteiger partial charge in [-0.25, -0.2) is 17.9 Å². The molecule has 0 bridgehead atoms. The topological polar surface area (TPSA) is 171 Å². The standard InChI is InChI=1S/C20H26N4O8S/c1-6-8-14(7-2)11-15(22-19(25)32-20(3,4)5)13-21-33(30,31)18-10-9-16(23(26)27)12-17(18)24(28)29/h6-10,12,15,21H,1-2,11,13H2,3-5H3,(H,22,25)/b14-8+/t15-/m0/s1. The van der Waals surface area contributed by atoms with Crippen molar-refractivity contribution in [2.45, 2.75) is 43.7 Å². The van der Waals surface area contributed by atoms with Crippen molar-refractivity contribution in [3.63, 3.8) is 0 Å². The van der Waals surface area contributed by atoms with Crippen molar-refractivity contribution in [2.24, 2.45) is 0 Å². The summed E-state index contributed by atoms with van der Waals surface area (Å²) in [4.78, 5) is 31.7. The summed E-state index contributed by atoms with van der Waals surface area (Å²) >= 11 is 0. The van der Waals surface area contributed by atoms with Crippen LogP contribution in [-0.4, -0.2) is 42.5 Å². The van der Waals surface area contributed by atoms with E-state index in [-0.39, 0.29) is 13.0 Å². The van der Waals surface area contributed by atoms with Gasteiger partial charge in [0.25, 0.3) is 11.4 Å². The molecule has 1 rings (SSSR count). The Balaban J connectivity index is 3.20. The number of carbonyl (C=O) groups is 1. The van der Waals surface area contributed by atoms with E-state index in [4.69, 9.17) is 4.74 Å². The lowest BCUT2D eigenvalue weighted by molar-refractivity contribution is -0.396. The zero-order chi connectivity index (χ0) is 25.4. The number of sulfonamides is 1. The number of rotatable bonds is 11. The zero-order valence-electron chi connectivity index (χ0n) is 18.4. The van der Waals surface area contributed by atoms with Gasteiger partial charge in [-0.05, 0) is 38.8 Å². The van der Waals surface area contributed by atoms with Gasteiger partial charge >= 0.3 is 6.09 Å². The van der Waals surface area contributed by atoms with E-state index in [1.165, 1.54) is 12.2 Å². The number of nitro benzene ring substituents is 2. The molecule has 1 aromatic rings. The van der Waals surface area contributed by atoms with Crippen LogP contribution in [-0.2, 0) is 14.8 Å². The lowest BCUT2D eigenvalue weighted by Gasteiger charge is -2.24. The van der Waals surface area contributed by atoms with Crippen molar-refractivity contribution in [2.75, 3.05) is 6.54 Å². The Kier molecular flexibility index (Phi) is 9.43. The maximum Gasteiger partial charge on any atom is 0.407 e. The van der Waals surface area contributed by atoms with E-state index >= 15 is 0 Å². The molecule has 1 amide bonds. The van der Waals surface area contributed by atoms with Crippen molar-refractivity contribution in [3.05, 3.63) is 75.4 Å². The third-order valence-corrected chi connectivity index (χ3v) is 5.43. The van der Waals surface area contributed by atoms with Gasteiger partial charge in [-0.1, -0.05) is 31.4 Å². The van der Waals surface area contributed by atoms with Crippen molar-refractivity contribution in [1.82, 2.24) is 10.0 Å². The molecular weight excluding hydrogens is 456 g/mol. The van der Waals surface area contributed by atoms with Crippen LogP contribution >= 0.6 is 0 Å². The van der Waals surface area contributed by atoms with Gasteiger partial charge in [0.2, 0.25) is 10.0 Å². The summed E-state index contributed by atoms with van der Waals surface area (Å²) in [6.45, 7) is 11.8. The molecule has 0 spiro atoms. The number of nitrogens with zero attached hydrogens (tertiary/aromatic N) is 2. The molecule has 0 aromatic heterocycles. The van der Waals surface area contributed by atoms with Gasteiger partial charge < -0.3 is 10.1 Å². The predicted molar refractivity (Wildman–Crippen MR) is 121 cm³/mol. The Labute approximate surface area is 191 Å². The molecular formula is C20H26N4O8S.